The molecule has 2 rings (SSSR count). The maximum absolute atomic E-state index is 11.9. The predicted octanol–water partition coefficient (Wildman–Crippen LogP) is 3.70. The summed E-state index contributed by atoms with van der Waals surface area (Å²) in [6, 6.07) is 1.14. The van der Waals surface area contributed by atoms with Gasteiger partial charge in [-0.1, -0.05) is 39.0 Å². The van der Waals surface area contributed by atoms with Crippen LogP contribution in [0.5, 0.6) is 0 Å². The van der Waals surface area contributed by atoms with E-state index in [-0.39, 0.29) is 12.2 Å². The van der Waals surface area contributed by atoms with Crippen molar-refractivity contribution in [1.82, 2.24) is 10.2 Å². The second kappa shape index (κ2) is 8.62. The minimum Gasteiger partial charge on any atom is -0.445 e. The predicted molar refractivity (Wildman–Crippen MR) is 85.5 cm³/mol. The summed E-state index contributed by atoms with van der Waals surface area (Å²) in [5, 5.41) is 2.92. The number of nitrogens with one attached hydrogen (secondary N) is 1. The molecule has 0 aromatic heterocycles. The molecule has 0 aromatic carbocycles. The number of rotatable bonds is 8. The number of hydrogen-bond acceptors (Lipinski definition) is 3. The van der Waals surface area contributed by atoms with Gasteiger partial charge in [-0.15, -0.1) is 0 Å². The second-order valence-electron chi connectivity index (χ2n) is 6.68. The number of nitrogens with zero attached hydrogens (tertiary/aromatic N) is 1. The Labute approximate surface area is 129 Å². The molecule has 0 aromatic rings. The van der Waals surface area contributed by atoms with E-state index in [9.17, 15) is 4.79 Å². The zero-order chi connectivity index (χ0) is 15.1. The molecule has 1 saturated carbocycles. The summed E-state index contributed by atoms with van der Waals surface area (Å²) in [5.41, 5.74) is 0. The van der Waals surface area contributed by atoms with E-state index in [1.54, 1.807) is 0 Å². The van der Waals surface area contributed by atoms with E-state index < -0.39 is 0 Å². The van der Waals surface area contributed by atoms with Crippen LogP contribution in [0.2, 0.25) is 0 Å². The number of ether oxygens (including phenoxy) is 1. The van der Waals surface area contributed by atoms with Gasteiger partial charge in [0.05, 0.1) is 0 Å². The van der Waals surface area contributed by atoms with Gasteiger partial charge in [-0.25, -0.2) is 4.79 Å². The van der Waals surface area contributed by atoms with E-state index in [0.717, 1.165) is 19.4 Å². The lowest BCUT2D eigenvalue weighted by atomic mass is 9.92. The molecule has 1 aliphatic heterocycles. The normalized spacial score (nSPS) is 31.7. The van der Waals surface area contributed by atoms with E-state index in [0.29, 0.717) is 12.1 Å². The van der Waals surface area contributed by atoms with Gasteiger partial charge in [0.15, 0.2) is 0 Å². The first kappa shape index (κ1) is 16.6. The van der Waals surface area contributed by atoms with Gasteiger partial charge in [0.25, 0.3) is 0 Å². The Hall–Kier alpha value is -0.770. The van der Waals surface area contributed by atoms with Gasteiger partial charge in [0.2, 0.25) is 0 Å². The summed E-state index contributed by atoms with van der Waals surface area (Å²) in [4.78, 5) is 14.4. The van der Waals surface area contributed by atoms with Crippen LogP contribution in [0.3, 0.4) is 0 Å². The lowest BCUT2D eigenvalue weighted by molar-refractivity contribution is 0.0329. The SMILES string of the molecule is CCCCCCCNC(=O)OC1CCCCC1N1CC1C. The number of carbonyl (C=O) groups excluding carboxylic acids is 1. The van der Waals surface area contributed by atoms with Gasteiger partial charge >= 0.3 is 6.09 Å². The third-order valence-electron chi connectivity index (χ3n) is 4.81. The molecule has 122 valence electrons. The first-order chi connectivity index (χ1) is 10.2. The van der Waals surface area contributed by atoms with Gasteiger partial charge in [0.1, 0.15) is 6.10 Å². The average Bonchev–Trinajstić information content (AvgIpc) is 3.20. The highest BCUT2D eigenvalue weighted by Crippen LogP contribution is 2.32. The molecule has 1 N–H and O–H groups in total. The lowest BCUT2D eigenvalue weighted by Gasteiger charge is -2.32. The molecule has 0 bridgehead atoms. The quantitative estimate of drug-likeness (QED) is 0.548. The fourth-order valence-corrected chi connectivity index (χ4v) is 3.41. The standard InChI is InChI=1S/C17H32N2O2/c1-3-4-5-6-9-12-18-17(20)21-16-11-8-7-10-15(16)19-13-14(19)2/h14-16H,3-13H2,1-2H3,(H,18,20). The minimum atomic E-state index is -0.211. The van der Waals surface area contributed by atoms with Gasteiger partial charge in [-0.3, -0.25) is 4.90 Å². The van der Waals surface area contributed by atoms with E-state index in [2.05, 4.69) is 24.1 Å². The fraction of sp³-hybridized carbons (Fsp3) is 0.941. The Morgan fingerprint density at radius 3 is 2.62 bits per heavy atom. The number of hydrogen-bond donors (Lipinski definition) is 1. The maximum atomic E-state index is 11.9. The first-order valence-electron chi connectivity index (χ1n) is 8.92. The third kappa shape index (κ3) is 5.50. The Bertz CT molecular complexity index is 322. The number of unbranched alkanes of at least 4 members (excludes halogenated alkanes) is 4. The molecule has 0 spiro atoms. The molecular formula is C17H32N2O2. The van der Waals surface area contributed by atoms with Crippen LogP contribution in [0.25, 0.3) is 0 Å². The van der Waals surface area contributed by atoms with E-state index in [4.69, 9.17) is 4.74 Å². The smallest absolute Gasteiger partial charge is 0.407 e. The Morgan fingerprint density at radius 1 is 1.19 bits per heavy atom. The van der Waals surface area contributed by atoms with Crippen molar-refractivity contribution in [2.75, 3.05) is 13.1 Å². The van der Waals surface area contributed by atoms with Gasteiger partial charge in [-0.05, 0) is 32.6 Å². The van der Waals surface area contributed by atoms with Gasteiger partial charge < -0.3 is 10.1 Å². The van der Waals surface area contributed by atoms with Gasteiger partial charge in [-0.2, -0.15) is 0 Å². The average molecular weight is 296 g/mol. The summed E-state index contributed by atoms with van der Waals surface area (Å²) < 4.78 is 5.69. The molecule has 2 aliphatic rings. The molecule has 4 atom stereocenters. The zero-order valence-corrected chi connectivity index (χ0v) is 13.8. The number of alkyl carbamates (subject to hydrolysis) is 1. The summed E-state index contributed by atoms with van der Waals surface area (Å²) in [5.74, 6) is 0. The van der Waals surface area contributed by atoms with Gasteiger partial charge in [0, 0.05) is 25.2 Å². The highest BCUT2D eigenvalue weighted by Gasteiger charge is 2.42. The molecule has 1 aliphatic carbocycles. The first-order valence-corrected chi connectivity index (χ1v) is 8.92. The van der Waals surface area contributed by atoms with Crippen molar-refractivity contribution in [2.45, 2.75) is 89.8 Å². The topological polar surface area (TPSA) is 41.3 Å². The van der Waals surface area contributed by atoms with Crippen LogP contribution in [0, 0.1) is 0 Å². The molecule has 2 fully saturated rings. The Morgan fingerprint density at radius 2 is 1.90 bits per heavy atom. The molecule has 4 nitrogen and oxygen atoms in total. The summed E-state index contributed by atoms with van der Waals surface area (Å²) in [6.45, 7) is 6.39. The maximum Gasteiger partial charge on any atom is 0.407 e. The van der Waals surface area contributed by atoms with Crippen molar-refractivity contribution in [3.8, 4) is 0 Å². The van der Waals surface area contributed by atoms with E-state index in [1.165, 1.54) is 51.5 Å². The lowest BCUT2D eigenvalue weighted by Crippen LogP contribution is -2.42. The summed E-state index contributed by atoms with van der Waals surface area (Å²) >= 11 is 0. The van der Waals surface area contributed by atoms with Crippen molar-refractivity contribution < 1.29 is 9.53 Å². The zero-order valence-electron chi connectivity index (χ0n) is 13.8. The molecular weight excluding hydrogens is 264 g/mol. The Kier molecular flexibility index (Phi) is 6.81. The molecule has 1 amide bonds. The fourth-order valence-electron chi connectivity index (χ4n) is 3.41. The number of amides is 1. The molecule has 4 unspecified atom stereocenters. The van der Waals surface area contributed by atoms with Crippen molar-refractivity contribution in [1.29, 1.82) is 0 Å². The Balaban J connectivity index is 1.61. The summed E-state index contributed by atoms with van der Waals surface area (Å²) in [7, 11) is 0. The van der Waals surface area contributed by atoms with Crippen molar-refractivity contribution in [2.24, 2.45) is 0 Å². The van der Waals surface area contributed by atoms with Crippen LogP contribution >= 0.6 is 0 Å². The van der Waals surface area contributed by atoms with Crippen molar-refractivity contribution in [3.63, 3.8) is 0 Å². The largest absolute Gasteiger partial charge is 0.445 e. The van der Waals surface area contributed by atoms with Crippen molar-refractivity contribution in [3.05, 3.63) is 0 Å². The van der Waals surface area contributed by atoms with Crippen LogP contribution in [-0.4, -0.2) is 42.3 Å². The number of carbonyl (C=O) groups is 1. The van der Waals surface area contributed by atoms with E-state index >= 15 is 0 Å². The molecule has 0 radical (unpaired) electrons. The monoisotopic (exact) mass is 296 g/mol. The van der Waals surface area contributed by atoms with Crippen LogP contribution in [0.15, 0.2) is 0 Å². The second-order valence-corrected chi connectivity index (χ2v) is 6.68. The van der Waals surface area contributed by atoms with Crippen molar-refractivity contribution >= 4 is 6.09 Å². The molecule has 1 heterocycles. The highest BCUT2D eigenvalue weighted by molar-refractivity contribution is 5.67. The van der Waals surface area contributed by atoms with Crippen LogP contribution < -0.4 is 5.32 Å². The molecule has 4 heteroatoms. The summed E-state index contributed by atoms with van der Waals surface area (Å²) in [6.07, 6.45) is 10.6. The van der Waals surface area contributed by atoms with Crippen LogP contribution in [-0.2, 0) is 4.74 Å². The minimum absolute atomic E-state index is 0.101. The van der Waals surface area contributed by atoms with Crippen LogP contribution in [0.1, 0.15) is 71.6 Å². The third-order valence-corrected chi connectivity index (χ3v) is 4.81. The highest BCUT2D eigenvalue weighted by atomic mass is 16.6. The van der Waals surface area contributed by atoms with E-state index in [1.807, 2.05) is 0 Å². The molecule has 21 heavy (non-hydrogen) atoms. The van der Waals surface area contributed by atoms with Crippen LogP contribution in [0.4, 0.5) is 4.79 Å². The molecule has 1 saturated heterocycles.